The molecule has 0 saturated heterocycles. The smallest absolute Gasteiger partial charge is 0.251 e. The normalized spacial score (nSPS) is 30.6. The van der Waals surface area contributed by atoms with E-state index in [0.717, 1.165) is 17.4 Å². The molecule has 2 aromatic carbocycles. The predicted molar refractivity (Wildman–Crippen MR) is 109 cm³/mol. The molecule has 3 nitrogen and oxygen atoms in total. The Labute approximate surface area is 161 Å². The van der Waals surface area contributed by atoms with Crippen LogP contribution in [0.1, 0.15) is 66.6 Å². The van der Waals surface area contributed by atoms with Crippen LogP contribution < -0.4 is 10.6 Å². The maximum atomic E-state index is 12.5. The second-order valence-corrected chi connectivity index (χ2v) is 8.90. The lowest BCUT2D eigenvalue weighted by atomic mass is 9.68. The Balaban J connectivity index is 1.55. The zero-order valence-electron chi connectivity index (χ0n) is 16.1. The molecule has 140 valence electrons. The van der Waals surface area contributed by atoms with Crippen LogP contribution in [0, 0.1) is 17.8 Å². The summed E-state index contributed by atoms with van der Waals surface area (Å²) in [5.74, 6) is 2.84. The molecule has 2 aliphatic carbocycles. The lowest BCUT2D eigenvalue weighted by molar-refractivity contribution is 0.0943. The number of rotatable bonds is 3. The molecule has 2 saturated carbocycles. The van der Waals surface area contributed by atoms with Crippen molar-refractivity contribution < 1.29 is 4.79 Å². The predicted octanol–water partition coefficient (Wildman–Crippen LogP) is 5.12. The van der Waals surface area contributed by atoms with Crippen molar-refractivity contribution in [1.29, 1.82) is 0 Å². The van der Waals surface area contributed by atoms with Gasteiger partial charge in [0, 0.05) is 17.3 Å². The summed E-state index contributed by atoms with van der Waals surface area (Å²) in [4.78, 5) is 12.5. The highest BCUT2D eigenvalue weighted by Gasteiger charge is 2.53. The highest BCUT2D eigenvalue weighted by molar-refractivity contribution is 5.95. The summed E-state index contributed by atoms with van der Waals surface area (Å²) in [5, 5.41) is 6.88. The molecule has 0 radical (unpaired) electrons. The molecular formula is C24H28N2O. The molecule has 1 heterocycles. The lowest BCUT2D eigenvalue weighted by Crippen LogP contribution is -2.36. The zero-order chi connectivity index (χ0) is 18.5. The summed E-state index contributed by atoms with van der Waals surface area (Å²) >= 11 is 0. The van der Waals surface area contributed by atoms with E-state index in [4.69, 9.17) is 0 Å². The Kier molecular flexibility index (Phi) is 3.99. The molecule has 3 aliphatic rings. The van der Waals surface area contributed by atoms with Crippen LogP contribution in [0.15, 0.2) is 48.5 Å². The van der Waals surface area contributed by atoms with E-state index in [-0.39, 0.29) is 11.9 Å². The van der Waals surface area contributed by atoms with Gasteiger partial charge in [0.05, 0.1) is 6.04 Å². The Morgan fingerprint density at radius 2 is 1.85 bits per heavy atom. The number of hydrogen-bond donors (Lipinski definition) is 2. The zero-order valence-corrected chi connectivity index (χ0v) is 16.1. The lowest BCUT2D eigenvalue weighted by Gasteiger charge is -2.43. The Hall–Kier alpha value is -2.29. The molecule has 2 bridgehead atoms. The molecule has 5 rings (SSSR count). The summed E-state index contributed by atoms with van der Waals surface area (Å²) in [7, 11) is 0. The first kappa shape index (κ1) is 16.9. The van der Waals surface area contributed by atoms with Crippen LogP contribution in [-0.4, -0.2) is 11.9 Å². The van der Waals surface area contributed by atoms with Crippen LogP contribution in [0.4, 0.5) is 5.69 Å². The summed E-state index contributed by atoms with van der Waals surface area (Å²) in [5.41, 5.74) is 4.78. The van der Waals surface area contributed by atoms with Crippen LogP contribution in [0.25, 0.3) is 0 Å². The van der Waals surface area contributed by atoms with Gasteiger partial charge in [0.15, 0.2) is 0 Å². The van der Waals surface area contributed by atoms with Gasteiger partial charge in [0.2, 0.25) is 0 Å². The van der Waals surface area contributed by atoms with E-state index in [9.17, 15) is 4.79 Å². The molecule has 1 aliphatic heterocycles. The number of benzene rings is 2. The minimum absolute atomic E-state index is 0.0395. The highest BCUT2D eigenvalue weighted by atomic mass is 16.1. The first-order valence-electron chi connectivity index (χ1n) is 10.4. The van der Waals surface area contributed by atoms with Crippen molar-refractivity contribution in [2.75, 3.05) is 5.32 Å². The third-order valence-corrected chi connectivity index (χ3v) is 6.93. The van der Waals surface area contributed by atoms with E-state index in [1.807, 2.05) is 19.9 Å². The first-order chi connectivity index (χ1) is 13.1. The van der Waals surface area contributed by atoms with E-state index >= 15 is 0 Å². The fraction of sp³-hybridized carbons (Fsp3) is 0.458. The fourth-order valence-electron chi connectivity index (χ4n) is 5.96. The van der Waals surface area contributed by atoms with Crippen LogP contribution in [0.3, 0.4) is 0 Å². The van der Waals surface area contributed by atoms with Crippen LogP contribution >= 0.6 is 0 Å². The molecule has 2 N–H and O–H groups in total. The third-order valence-electron chi connectivity index (χ3n) is 6.93. The topological polar surface area (TPSA) is 41.1 Å². The van der Waals surface area contributed by atoms with Gasteiger partial charge in [-0.15, -0.1) is 0 Å². The number of anilines is 1. The van der Waals surface area contributed by atoms with Crippen molar-refractivity contribution >= 4 is 11.6 Å². The second-order valence-electron chi connectivity index (χ2n) is 8.90. The Morgan fingerprint density at radius 1 is 1.07 bits per heavy atom. The number of hydrogen-bond acceptors (Lipinski definition) is 2. The molecular weight excluding hydrogens is 332 g/mol. The molecule has 0 spiro atoms. The molecule has 5 atom stereocenters. The molecule has 0 unspecified atom stereocenters. The summed E-state index contributed by atoms with van der Waals surface area (Å²) in [6.45, 7) is 4.02. The van der Waals surface area contributed by atoms with Gasteiger partial charge in [-0.05, 0) is 86.1 Å². The standard InChI is InChI=1S/C24H28N2O/c1-14(2)25-24(27)18-10-11-20-19(13-18)21-16-8-9-17(12-16)22(21)23(26-20)15-6-4-3-5-7-15/h3-7,10-11,13-14,16-17,21-23,26H,8-9,12H2,1-2H3,(H,25,27)/t16-,17-,21-,22-,23-/m0/s1. The highest BCUT2D eigenvalue weighted by Crippen LogP contribution is 2.63. The Morgan fingerprint density at radius 3 is 2.63 bits per heavy atom. The summed E-state index contributed by atoms with van der Waals surface area (Å²) in [6, 6.07) is 17.7. The molecule has 2 fully saturated rings. The monoisotopic (exact) mass is 360 g/mol. The van der Waals surface area contributed by atoms with Crippen molar-refractivity contribution in [3.63, 3.8) is 0 Å². The number of nitrogens with one attached hydrogen (secondary N) is 2. The molecule has 0 aromatic heterocycles. The van der Waals surface area contributed by atoms with Gasteiger partial charge in [-0.25, -0.2) is 0 Å². The second kappa shape index (κ2) is 6.40. The van der Waals surface area contributed by atoms with Crippen molar-refractivity contribution in [1.82, 2.24) is 5.32 Å². The fourth-order valence-corrected chi connectivity index (χ4v) is 5.96. The van der Waals surface area contributed by atoms with Gasteiger partial charge in [-0.2, -0.15) is 0 Å². The maximum absolute atomic E-state index is 12.5. The van der Waals surface area contributed by atoms with Crippen molar-refractivity contribution in [3.05, 3.63) is 65.2 Å². The number of fused-ring (bicyclic) bond motifs is 7. The molecule has 27 heavy (non-hydrogen) atoms. The number of carbonyl (C=O) groups is 1. The minimum atomic E-state index is 0.0395. The van der Waals surface area contributed by atoms with Crippen LogP contribution in [-0.2, 0) is 0 Å². The number of carbonyl (C=O) groups excluding carboxylic acids is 1. The largest absolute Gasteiger partial charge is 0.378 e. The van der Waals surface area contributed by atoms with Gasteiger partial charge in [-0.3, -0.25) is 4.79 Å². The SMILES string of the molecule is CC(C)NC(=O)c1ccc2c(c1)[C@@H]1[C@H]3CC[C@@H](C3)[C@@H]1[C@H](c1ccccc1)N2. The van der Waals surface area contributed by atoms with Crippen molar-refractivity contribution in [2.24, 2.45) is 17.8 Å². The van der Waals surface area contributed by atoms with E-state index in [1.165, 1.54) is 36.1 Å². The van der Waals surface area contributed by atoms with E-state index in [2.05, 4.69) is 53.1 Å². The first-order valence-corrected chi connectivity index (χ1v) is 10.4. The summed E-state index contributed by atoms with van der Waals surface area (Å²) < 4.78 is 0. The van der Waals surface area contributed by atoms with E-state index < -0.39 is 0 Å². The molecule has 2 aromatic rings. The van der Waals surface area contributed by atoms with Gasteiger partial charge in [0.25, 0.3) is 5.91 Å². The minimum Gasteiger partial charge on any atom is -0.378 e. The molecule has 1 amide bonds. The van der Waals surface area contributed by atoms with Crippen molar-refractivity contribution in [3.8, 4) is 0 Å². The summed E-state index contributed by atoms with van der Waals surface area (Å²) in [6.07, 6.45) is 4.05. The quantitative estimate of drug-likeness (QED) is 0.797. The van der Waals surface area contributed by atoms with Gasteiger partial charge >= 0.3 is 0 Å². The van der Waals surface area contributed by atoms with Crippen LogP contribution in [0.5, 0.6) is 0 Å². The Bertz CT molecular complexity index is 860. The third kappa shape index (κ3) is 2.75. The van der Waals surface area contributed by atoms with E-state index in [0.29, 0.717) is 17.9 Å². The van der Waals surface area contributed by atoms with E-state index in [1.54, 1.807) is 0 Å². The average Bonchev–Trinajstić information content (AvgIpc) is 3.29. The van der Waals surface area contributed by atoms with Crippen molar-refractivity contribution in [2.45, 2.75) is 51.1 Å². The van der Waals surface area contributed by atoms with Gasteiger partial charge < -0.3 is 10.6 Å². The van der Waals surface area contributed by atoms with Gasteiger partial charge in [-0.1, -0.05) is 30.3 Å². The van der Waals surface area contributed by atoms with Crippen LogP contribution in [0.2, 0.25) is 0 Å². The van der Waals surface area contributed by atoms with Gasteiger partial charge in [0.1, 0.15) is 0 Å². The molecule has 3 heteroatoms. The number of amides is 1. The maximum Gasteiger partial charge on any atom is 0.251 e. The average molecular weight is 361 g/mol.